The molecule has 0 radical (unpaired) electrons. The van der Waals surface area contributed by atoms with Crippen LogP contribution in [0.1, 0.15) is 30.5 Å². The fourth-order valence-corrected chi connectivity index (χ4v) is 2.54. The molecule has 0 aliphatic carbocycles. The van der Waals surface area contributed by atoms with Gasteiger partial charge in [0.25, 0.3) is 0 Å². The zero-order valence-electron chi connectivity index (χ0n) is 13.3. The Labute approximate surface area is 123 Å². The molecule has 1 aromatic carbocycles. The average Bonchev–Trinajstić information content (AvgIpc) is 2.42. The van der Waals surface area contributed by atoms with Crippen molar-refractivity contribution in [3.05, 3.63) is 28.8 Å². The molecule has 1 fully saturated rings. The van der Waals surface area contributed by atoms with Gasteiger partial charge in [-0.2, -0.15) is 0 Å². The van der Waals surface area contributed by atoms with E-state index in [0.29, 0.717) is 5.92 Å². The van der Waals surface area contributed by atoms with E-state index in [9.17, 15) is 0 Å². The standard InChI is InChI=1S/C17H28N2O/c1-13(2)12-20-17-10-14(3)16(9-15(17)4)11-19-7-5-18-6-8-19/h9-10,13,18H,5-8,11-12H2,1-4H3. The summed E-state index contributed by atoms with van der Waals surface area (Å²) in [6, 6.07) is 4.50. The lowest BCUT2D eigenvalue weighted by molar-refractivity contribution is 0.232. The molecule has 1 aromatic rings. The van der Waals surface area contributed by atoms with Crippen LogP contribution in [0.3, 0.4) is 0 Å². The Morgan fingerprint density at radius 1 is 1.15 bits per heavy atom. The summed E-state index contributed by atoms with van der Waals surface area (Å²) in [5.41, 5.74) is 4.02. The van der Waals surface area contributed by atoms with Crippen LogP contribution in [0, 0.1) is 19.8 Å². The lowest BCUT2D eigenvalue weighted by atomic mass is 10.0. The minimum atomic E-state index is 0.565. The molecule has 1 N–H and O–H groups in total. The second kappa shape index (κ2) is 7.09. The highest BCUT2D eigenvalue weighted by Crippen LogP contribution is 2.24. The van der Waals surface area contributed by atoms with Crippen LogP contribution in [0.5, 0.6) is 5.75 Å². The summed E-state index contributed by atoms with van der Waals surface area (Å²) in [6.07, 6.45) is 0. The highest BCUT2D eigenvalue weighted by molar-refractivity contribution is 5.41. The highest BCUT2D eigenvalue weighted by Gasteiger charge is 2.13. The Hall–Kier alpha value is -1.06. The minimum Gasteiger partial charge on any atom is -0.493 e. The van der Waals surface area contributed by atoms with Gasteiger partial charge in [-0.3, -0.25) is 4.90 Å². The number of ether oxygens (including phenoxy) is 1. The number of aryl methyl sites for hydroxylation is 2. The third-order valence-corrected chi connectivity index (χ3v) is 3.81. The van der Waals surface area contributed by atoms with Crippen LogP contribution in [0.2, 0.25) is 0 Å². The molecule has 0 saturated carbocycles. The van der Waals surface area contributed by atoms with Crippen molar-refractivity contribution in [3.63, 3.8) is 0 Å². The molecule has 1 saturated heterocycles. The van der Waals surface area contributed by atoms with Gasteiger partial charge in [0.05, 0.1) is 6.61 Å². The van der Waals surface area contributed by atoms with Gasteiger partial charge in [0.2, 0.25) is 0 Å². The predicted octanol–water partition coefficient (Wildman–Crippen LogP) is 2.74. The third kappa shape index (κ3) is 4.22. The topological polar surface area (TPSA) is 24.5 Å². The zero-order valence-corrected chi connectivity index (χ0v) is 13.3. The number of benzene rings is 1. The van der Waals surface area contributed by atoms with Gasteiger partial charge in [-0.1, -0.05) is 19.9 Å². The van der Waals surface area contributed by atoms with Gasteiger partial charge in [-0.15, -0.1) is 0 Å². The lowest BCUT2D eigenvalue weighted by Gasteiger charge is -2.28. The Morgan fingerprint density at radius 2 is 1.85 bits per heavy atom. The van der Waals surface area contributed by atoms with Crippen molar-refractivity contribution in [1.29, 1.82) is 0 Å². The highest BCUT2D eigenvalue weighted by atomic mass is 16.5. The molecule has 0 spiro atoms. The monoisotopic (exact) mass is 276 g/mol. The minimum absolute atomic E-state index is 0.565. The molecule has 1 aliphatic rings. The summed E-state index contributed by atoms with van der Waals surface area (Å²) in [5, 5.41) is 3.40. The largest absolute Gasteiger partial charge is 0.493 e. The lowest BCUT2D eigenvalue weighted by Crippen LogP contribution is -2.43. The average molecular weight is 276 g/mol. The van der Waals surface area contributed by atoms with E-state index in [1.54, 1.807) is 0 Å². The molecule has 20 heavy (non-hydrogen) atoms. The van der Waals surface area contributed by atoms with Crippen molar-refractivity contribution in [2.24, 2.45) is 5.92 Å². The van der Waals surface area contributed by atoms with Gasteiger partial charge >= 0.3 is 0 Å². The van der Waals surface area contributed by atoms with E-state index < -0.39 is 0 Å². The second-order valence-corrected chi connectivity index (χ2v) is 6.28. The van der Waals surface area contributed by atoms with Gasteiger partial charge in [0.15, 0.2) is 0 Å². The molecule has 112 valence electrons. The van der Waals surface area contributed by atoms with E-state index >= 15 is 0 Å². The Kier molecular flexibility index (Phi) is 5.44. The molecule has 0 bridgehead atoms. The van der Waals surface area contributed by atoms with Crippen LogP contribution in [-0.2, 0) is 6.54 Å². The summed E-state index contributed by atoms with van der Waals surface area (Å²) < 4.78 is 5.90. The van der Waals surface area contributed by atoms with Crippen molar-refractivity contribution in [1.82, 2.24) is 10.2 Å². The zero-order chi connectivity index (χ0) is 14.5. The van der Waals surface area contributed by atoms with E-state index in [1.165, 1.54) is 16.7 Å². The molecule has 0 unspecified atom stereocenters. The number of piperazine rings is 1. The molecule has 0 aromatic heterocycles. The molecule has 1 heterocycles. The summed E-state index contributed by atoms with van der Waals surface area (Å²) >= 11 is 0. The molecular formula is C17H28N2O. The molecule has 2 rings (SSSR count). The van der Waals surface area contributed by atoms with E-state index in [0.717, 1.165) is 45.1 Å². The first-order chi connectivity index (χ1) is 9.56. The molecule has 3 heteroatoms. The van der Waals surface area contributed by atoms with Crippen LogP contribution < -0.4 is 10.1 Å². The number of nitrogens with one attached hydrogen (secondary N) is 1. The molecule has 0 atom stereocenters. The summed E-state index contributed by atoms with van der Waals surface area (Å²) in [7, 11) is 0. The third-order valence-electron chi connectivity index (χ3n) is 3.81. The maximum Gasteiger partial charge on any atom is 0.122 e. The van der Waals surface area contributed by atoms with E-state index in [2.05, 4.69) is 50.0 Å². The first-order valence-corrected chi connectivity index (χ1v) is 7.72. The Balaban J connectivity index is 2.04. The fraction of sp³-hybridized carbons (Fsp3) is 0.647. The Bertz CT molecular complexity index is 437. The van der Waals surface area contributed by atoms with Crippen molar-refractivity contribution < 1.29 is 4.74 Å². The van der Waals surface area contributed by atoms with Gasteiger partial charge in [0.1, 0.15) is 5.75 Å². The Morgan fingerprint density at radius 3 is 2.50 bits per heavy atom. The van der Waals surface area contributed by atoms with Gasteiger partial charge in [-0.25, -0.2) is 0 Å². The normalized spacial score (nSPS) is 16.6. The van der Waals surface area contributed by atoms with E-state index in [4.69, 9.17) is 4.74 Å². The fourth-order valence-electron chi connectivity index (χ4n) is 2.54. The quantitative estimate of drug-likeness (QED) is 0.895. The maximum absolute atomic E-state index is 5.90. The SMILES string of the molecule is Cc1cc(OCC(C)C)c(C)cc1CN1CCNCC1. The van der Waals surface area contributed by atoms with Gasteiger partial charge in [0, 0.05) is 32.7 Å². The van der Waals surface area contributed by atoms with Crippen LogP contribution in [0.15, 0.2) is 12.1 Å². The predicted molar refractivity (Wildman–Crippen MR) is 84.4 cm³/mol. The molecular weight excluding hydrogens is 248 g/mol. The van der Waals surface area contributed by atoms with Crippen LogP contribution in [0.4, 0.5) is 0 Å². The molecule has 1 aliphatic heterocycles. The van der Waals surface area contributed by atoms with Crippen LogP contribution in [-0.4, -0.2) is 37.7 Å². The maximum atomic E-state index is 5.90. The van der Waals surface area contributed by atoms with Crippen molar-refractivity contribution >= 4 is 0 Å². The smallest absolute Gasteiger partial charge is 0.122 e. The van der Waals surface area contributed by atoms with Crippen molar-refractivity contribution in [2.45, 2.75) is 34.2 Å². The second-order valence-electron chi connectivity index (χ2n) is 6.28. The van der Waals surface area contributed by atoms with Gasteiger partial charge in [-0.05, 0) is 42.5 Å². The molecule has 3 nitrogen and oxygen atoms in total. The summed E-state index contributed by atoms with van der Waals surface area (Å²) in [4.78, 5) is 2.52. The molecule has 0 amide bonds. The van der Waals surface area contributed by atoms with E-state index in [1.807, 2.05) is 0 Å². The van der Waals surface area contributed by atoms with Crippen molar-refractivity contribution in [3.8, 4) is 5.75 Å². The first kappa shape index (κ1) is 15.3. The first-order valence-electron chi connectivity index (χ1n) is 7.72. The van der Waals surface area contributed by atoms with Gasteiger partial charge < -0.3 is 10.1 Å². The number of rotatable bonds is 5. The number of hydrogen-bond acceptors (Lipinski definition) is 3. The van der Waals surface area contributed by atoms with Crippen LogP contribution in [0.25, 0.3) is 0 Å². The van der Waals surface area contributed by atoms with E-state index in [-0.39, 0.29) is 0 Å². The summed E-state index contributed by atoms with van der Waals surface area (Å²) in [5.74, 6) is 1.61. The number of hydrogen-bond donors (Lipinski definition) is 1. The van der Waals surface area contributed by atoms with Crippen molar-refractivity contribution in [2.75, 3.05) is 32.8 Å². The number of nitrogens with zero attached hydrogens (tertiary/aromatic N) is 1. The summed E-state index contributed by atoms with van der Waals surface area (Å²) in [6.45, 7) is 15.0. The van der Waals surface area contributed by atoms with Crippen LogP contribution >= 0.6 is 0 Å².